The standard InChI is InChI=1S/C19H17N3O4/c1-13(14-6-4-3-5-7-14)21-19(23)16(12-20)10-15-11-17(22(24)25)8-9-18(15)26-2/h3-11,13H,1-2H3,(H,21,23)/b16-10-/t13-/m1/s1. The molecule has 7 nitrogen and oxygen atoms in total. The minimum absolute atomic E-state index is 0.160. The fourth-order valence-electron chi connectivity index (χ4n) is 2.35. The number of methoxy groups -OCH3 is 1. The Bertz CT molecular complexity index is 885. The Labute approximate surface area is 150 Å². The van der Waals surface area contributed by atoms with Crippen LogP contribution in [0.25, 0.3) is 6.08 Å². The molecule has 2 aromatic rings. The van der Waals surface area contributed by atoms with Crippen molar-refractivity contribution in [2.24, 2.45) is 0 Å². The summed E-state index contributed by atoms with van der Waals surface area (Å²) in [6.07, 6.45) is 1.28. The van der Waals surface area contributed by atoms with Crippen molar-refractivity contribution in [2.45, 2.75) is 13.0 Å². The summed E-state index contributed by atoms with van der Waals surface area (Å²) < 4.78 is 5.15. The van der Waals surface area contributed by atoms with Gasteiger partial charge in [0.1, 0.15) is 17.4 Å². The van der Waals surface area contributed by atoms with E-state index in [4.69, 9.17) is 4.74 Å². The van der Waals surface area contributed by atoms with Crippen LogP contribution in [0.5, 0.6) is 5.75 Å². The number of nitrogens with one attached hydrogen (secondary N) is 1. The van der Waals surface area contributed by atoms with E-state index in [2.05, 4.69) is 5.32 Å². The molecule has 0 heterocycles. The second-order valence-corrected chi connectivity index (χ2v) is 5.46. The van der Waals surface area contributed by atoms with Gasteiger partial charge in [-0.1, -0.05) is 30.3 Å². The second-order valence-electron chi connectivity index (χ2n) is 5.46. The van der Waals surface area contributed by atoms with Crippen molar-refractivity contribution >= 4 is 17.7 Å². The summed E-state index contributed by atoms with van der Waals surface area (Å²) in [6.45, 7) is 1.80. The summed E-state index contributed by atoms with van der Waals surface area (Å²) in [4.78, 5) is 22.8. The highest BCUT2D eigenvalue weighted by Gasteiger charge is 2.16. The first-order chi connectivity index (χ1) is 12.5. The van der Waals surface area contributed by atoms with E-state index in [0.29, 0.717) is 5.75 Å². The van der Waals surface area contributed by atoms with Gasteiger partial charge >= 0.3 is 0 Å². The molecule has 0 unspecified atom stereocenters. The van der Waals surface area contributed by atoms with Crippen molar-refractivity contribution in [1.29, 1.82) is 5.26 Å². The van der Waals surface area contributed by atoms with Gasteiger partial charge in [-0.2, -0.15) is 5.26 Å². The first-order valence-electron chi connectivity index (χ1n) is 7.76. The Balaban J connectivity index is 2.30. The molecule has 2 rings (SSSR count). The molecular formula is C19H17N3O4. The third-order valence-electron chi connectivity index (χ3n) is 3.74. The Kier molecular flexibility index (Phi) is 6.06. The molecule has 0 bridgehead atoms. The van der Waals surface area contributed by atoms with Crippen LogP contribution in [0.1, 0.15) is 24.1 Å². The summed E-state index contributed by atoms with van der Waals surface area (Å²) in [5, 5.41) is 23.0. The summed E-state index contributed by atoms with van der Waals surface area (Å²) in [5.41, 5.74) is 0.839. The zero-order chi connectivity index (χ0) is 19.1. The number of nitriles is 1. The molecule has 0 aliphatic heterocycles. The van der Waals surface area contributed by atoms with Gasteiger partial charge in [-0.25, -0.2) is 0 Å². The van der Waals surface area contributed by atoms with Crippen LogP contribution in [0.4, 0.5) is 5.69 Å². The van der Waals surface area contributed by atoms with Gasteiger partial charge in [-0.15, -0.1) is 0 Å². The van der Waals surface area contributed by atoms with Gasteiger partial charge in [-0.3, -0.25) is 14.9 Å². The maximum atomic E-state index is 12.4. The molecule has 7 heteroatoms. The molecule has 0 spiro atoms. The van der Waals surface area contributed by atoms with E-state index in [-0.39, 0.29) is 22.9 Å². The predicted molar refractivity (Wildman–Crippen MR) is 96.2 cm³/mol. The molecule has 26 heavy (non-hydrogen) atoms. The molecule has 0 aromatic heterocycles. The van der Waals surface area contributed by atoms with Crippen LogP contribution < -0.4 is 10.1 Å². The largest absolute Gasteiger partial charge is 0.496 e. The molecular weight excluding hydrogens is 334 g/mol. The highest BCUT2D eigenvalue weighted by molar-refractivity contribution is 6.02. The first kappa shape index (κ1) is 18.7. The molecule has 1 atom stereocenters. The van der Waals surface area contributed by atoms with Crippen LogP contribution in [0.2, 0.25) is 0 Å². The Morgan fingerprint density at radius 3 is 2.58 bits per heavy atom. The minimum atomic E-state index is -0.572. The SMILES string of the molecule is COc1ccc([N+](=O)[O-])cc1/C=C(/C#N)C(=O)N[C@H](C)c1ccccc1. The fourth-order valence-corrected chi connectivity index (χ4v) is 2.35. The van der Waals surface area contributed by atoms with E-state index < -0.39 is 10.8 Å². The van der Waals surface area contributed by atoms with Crippen LogP contribution in [0.3, 0.4) is 0 Å². The number of rotatable bonds is 6. The quantitative estimate of drug-likeness (QED) is 0.372. The number of ether oxygens (including phenoxy) is 1. The van der Waals surface area contributed by atoms with Crippen LogP contribution in [0.15, 0.2) is 54.1 Å². The molecule has 0 saturated carbocycles. The normalized spacial score (nSPS) is 12.0. The Hall–Kier alpha value is -3.66. The number of hydrogen-bond acceptors (Lipinski definition) is 5. The van der Waals surface area contributed by atoms with Crippen molar-refractivity contribution in [3.63, 3.8) is 0 Å². The van der Waals surface area contributed by atoms with E-state index >= 15 is 0 Å². The molecule has 1 amide bonds. The monoisotopic (exact) mass is 351 g/mol. The lowest BCUT2D eigenvalue weighted by atomic mass is 10.1. The summed E-state index contributed by atoms with van der Waals surface area (Å²) in [5.74, 6) is -0.246. The van der Waals surface area contributed by atoms with Crippen molar-refractivity contribution in [3.8, 4) is 11.8 Å². The lowest BCUT2D eigenvalue weighted by Crippen LogP contribution is -2.27. The van der Waals surface area contributed by atoms with E-state index in [9.17, 15) is 20.2 Å². The maximum absolute atomic E-state index is 12.4. The van der Waals surface area contributed by atoms with E-state index in [0.717, 1.165) is 5.56 Å². The molecule has 2 aromatic carbocycles. The summed E-state index contributed by atoms with van der Waals surface area (Å²) >= 11 is 0. The number of hydrogen-bond donors (Lipinski definition) is 1. The number of carbonyl (C=O) groups is 1. The number of amides is 1. The van der Waals surface area contributed by atoms with Gasteiger partial charge in [-0.05, 0) is 24.6 Å². The number of non-ortho nitro benzene ring substituents is 1. The minimum Gasteiger partial charge on any atom is -0.496 e. The van der Waals surface area contributed by atoms with Crippen molar-refractivity contribution in [2.75, 3.05) is 7.11 Å². The number of carbonyl (C=O) groups excluding carboxylic acids is 1. The molecule has 0 fully saturated rings. The third-order valence-corrected chi connectivity index (χ3v) is 3.74. The number of benzene rings is 2. The lowest BCUT2D eigenvalue weighted by Gasteiger charge is -2.14. The highest BCUT2D eigenvalue weighted by Crippen LogP contribution is 2.26. The highest BCUT2D eigenvalue weighted by atomic mass is 16.6. The van der Waals surface area contributed by atoms with Crippen LogP contribution in [-0.2, 0) is 4.79 Å². The number of nitro benzene ring substituents is 1. The molecule has 0 aliphatic rings. The summed E-state index contributed by atoms with van der Waals surface area (Å²) in [6, 6.07) is 14.8. The second kappa shape index (κ2) is 8.44. The number of nitrogens with zero attached hydrogens (tertiary/aromatic N) is 2. The topological polar surface area (TPSA) is 105 Å². The third kappa shape index (κ3) is 4.45. The Morgan fingerprint density at radius 1 is 1.31 bits per heavy atom. The van der Waals surface area contributed by atoms with Crippen LogP contribution in [0, 0.1) is 21.4 Å². The molecule has 132 valence electrons. The van der Waals surface area contributed by atoms with Crippen molar-refractivity contribution in [3.05, 3.63) is 75.3 Å². The van der Waals surface area contributed by atoms with Crippen molar-refractivity contribution < 1.29 is 14.5 Å². The average molecular weight is 351 g/mol. The molecule has 1 N–H and O–H groups in total. The van der Waals surface area contributed by atoms with Crippen molar-refractivity contribution in [1.82, 2.24) is 5.32 Å². The zero-order valence-corrected chi connectivity index (χ0v) is 14.3. The summed E-state index contributed by atoms with van der Waals surface area (Å²) in [7, 11) is 1.40. The first-order valence-corrected chi connectivity index (χ1v) is 7.76. The average Bonchev–Trinajstić information content (AvgIpc) is 2.66. The molecule has 0 saturated heterocycles. The molecule has 0 aliphatic carbocycles. The smallest absolute Gasteiger partial charge is 0.270 e. The van der Waals surface area contributed by atoms with E-state index in [1.54, 1.807) is 6.92 Å². The van der Waals surface area contributed by atoms with Gasteiger partial charge < -0.3 is 10.1 Å². The van der Waals surface area contributed by atoms with Gasteiger partial charge in [0, 0.05) is 17.7 Å². The van der Waals surface area contributed by atoms with Crippen LogP contribution in [-0.4, -0.2) is 17.9 Å². The predicted octanol–water partition coefficient (Wildman–Crippen LogP) is 3.39. The Morgan fingerprint density at radius 2 is 2.00 bits per heavy atom. The van der Waals surface area contributed by atoms with Crippen LogP contribution >= 0.6 is 0 Å². The van der Waals surface area contributed by atoms with E-state index in [1.807, 2.05) is 36.4 Å². The molecule has 0 radical (unpaired) electrons. The van der Waals surface area contributed by atoms with Gasteiger partial charge in [0.25, 0.3) is 11.6 Å². The number of nitro groups is 1. The van der Waals surface area contributed by atoms with E-state index in [1.165, 1.54) is 31.4 Å². The van der Waals surface area contributed by atoms with Gasteiger partial charge in [0.15, 0.2) is 0 Å². The van der Waals surface area contributed by atoms with Gasteiger partial charge in [0.2, 0.25) is 0 Å². The van der Waals surface area contributed by atoms with Gasteiger partial charge in [0.05, 0.1) is 18.1 Å². The fraction of sp³-hybridized carbons (Fsp3) is 0.158. The lowest BCUT2D eigenvalue weighted by molar-refractivity contribution is -0.384. The maximum Gasteiger partial charge on any atom is 0.270 e. The zero-order valence-electron chi connectivity index (χ0n) is 14.3.